The number of ether oxygens (including phenoxy) is 1. The van der Waals surface area contributed by atoms with E-state index in [1.54, 1.807) is 38.3 Å². The lowest BCUT2D eigenvalue weighted by molar-refractivity contribution is -0.123. The number of nitrogens with zero attached hydrogens (tertiary/aromatic N) is 1. The molecule has 7 heteroatoms. The third-order valence-electron chi connectivity index (χ3n) is 4.86. The third-order valence-corrected chi connectivity index (χ3v) is 6.04. The number of anilines is 1. The van der Waals surface area contributed by atoms with Gasteiger partial charge < -0.3 is 10.1 Å². The Morgan fingerprint density at radius 2 is 1.62 bits per heavy atom. The minimum absolute atomic E-state index is 0.186. The van der Waals surface area contributed by atoms with Gasteiger partial charge in [-0.3, -0.25) is 9.10 Å². The van der Waals surface area contributed by atoms with Crippen LogP contribution in [0.15, 0.2) is 48.5 Å². The molecule has 2 rings (SSSR count). The Balaban J connectivity index is 2.32. The highest BCUT2D eigenvalue weighted by atomic mass is 32.2. The molecule has 0 aromatic heterocycles. The lowest BCUT2D eigenvalue weighted by Crippen LogP contribution is -2.50. The van der Waals surface area contributed by atoms with Crippen LogP contribution < -0.4 is 14.4 Å². The Hall–Kier alpha value is -2.54. The highest BCUT2D eigenvalue weighted by Gasteiger charge is 2.32. The second-order valence-electron chi connectivity index (χ2n) is 7.06. The molecular weight excluding hydrogens is 388 g/mol. The molecule has 2 aromatic rings. The minimum atomic E-state index is -3.67. The summed E-state index contributed by atoms with van der Waals surface area (Å²) in [6.45, 7) is 5.80. The van der Waals surface area contributed by atoms with E-state index in [4.69, 9.17) is 4.74 Å². The predicted octanol–water partition coefficient (Wildman–Crippen LogP) is 3.82. The topological polar surface area (TPSA) is 75.7 Å². The number of benzene rings is 2. The number of nitrogens with one attached hydrogen (secondary N) is 1. The van der Waals surface area contributed by atoms with E-state index in [0.29, 0.717) is 24.3 Å². The summed E-state index contributed by atoms with van der Waals surface area (Å²) >= 11 is 0. The second kappa shape index (κ2) is 9.78. The predicted molar refractivity (Wildman–Crippen MR) is 117 cm³/mol. The monoisotopic (exact) mass is 418 g/mol. The number of hydrogen-bond donors (Lipinski definition) is 1. The number of rotatable bonds is 9. The maximum absolute atomic E-state index is 13.1. The molecule has 0 radical (unpaired) electrons. The lowest BCUT2D eigenvalue weighted by Gasteiger charge is -2.31. The molecule has 29 heavy (non-hydrogen) atoms. The van der Waals surface area contributed by atoms with Gasteiger partial charge in [0.25, 0.3) is 0 Å². The van der Waals surface area contributed by atoms with Crippen LogP contribution >= 0.6 is 0 Å². The molecule has 0 saturated carbocycles. The first kappa shape index (κ1) is 22.7. The molecule has 1 amide bonds. The van der Waals surface area contributed by atoms with Crippen molar-refractivity contribution in [1.29, 1.82) is 0 Å². The lowest BCUT2D eigenvalue weighted by atomic mass is 10.0. The molecule has 0 aliphatic carbocycles. The van der Waals surface area contributed by atoms with Crippen LogP contribution in [-0.4, -0.2) is 33.7 Å². The van der Waals surface area contributed by atoms with Crippen LogP contribution in [0, 0.1) is 6.92 Å². The number of aryl methyl sites for hydroxylation is 1. The number of amides is 1. The average molecular weight is 419 g/mol. The Morgan fingerprint density at radius 1 is 1.03 bits per heavy atom. The maximum atomic E-state index is 13.1. The van der Waals surface area contributed by atoms with Crippen LogP contribution in [0.25, 0.3) is 0 Å². The summed E-state index contributed by atoms with van der Waals surface area (Å²) < 4.78 is 31.5. The van der Waals surface area contributed by atoms with Crippen molar-refractivity contribution >= 4 is 21.6 Å². The second-order valence-corrected chi connectivity index (χ2v) is 8.92. The Labute approximate surface area is 173 Å². The summed E-state index contributed by atoms with van der Waals surface area (Å²) in [4.78, 5) is 13.1. The molecule has 6 nitrogen and oxygen atoms in total. The standard InChI is InChI=1S/C22H30N2O4S/c1-6-20(17-10-8-16(3)9-11-17)23-22(25)21(7-2)24(29(5,26)27)18-12-14-19(28-4)15-13-18/h8-15,20-21H,6-7H2,1-5H3,(H,23,25)/t20-,21+/m1/s1. The first-order valence-electron chi connectivity index (χ1n) is 9.71. The number of methoxy groups -OCH3 is 1. The highest BCUT2D eigenvalue weighted by molar-refractivity contribution is 7.92. The van der Waals surface area contributed by atoms with Crippen molar-refractivity contribution in [2.45, 2.75) is 45.7 Å². The van der Waals surface area contributed by atoms with Gasteiger partial charge >= 0.3 is 0 Å². The van der Waals surface area contributed by atoms with Gasteiger partial charge in [-0.25, -0.2) is 8.42 Å². The van der Waals surface area contributed by atoms with Crippen LogP contribution in [0.1, 0.15) is 43.9 Å². The van der Waals surface area contributed by atoms with Crippen LogP contribution in [0.3, 0.4) is 0 Å². The Kier molecular flexibility index (Phi) is 7.67. The zero-order chi connectivity index (χ0) is 21.6. The van der Waals surface area contributed by atoms with Gasteiger partial charge in [0.05, 0.1) is 25.1 Å². The quantitative estimate of drug-likeness (QED) is 0.672. The van der Waals surface area contributed by atoms with Crippen LogP contribution in [0.2, 0.25) is 0 Å². The molecule has 0 fully saturated rings. The van der Waals surface area contributed by atoms with E-state index in [1.165, 1.54) is 4.31 Å². The van der Waals surface area contributed by atoms with Gasteiger partial charge in [-0.05, 0) is 49.6 Å². The molecule has 0 heterocycles. The van der Waals surface area contributed by atoms with Crippen molar-refractivity contribution in [2.75, 3.05) is 17.7 Å². The van der Waals surface area contributed by atoms with E-state index in [0.717, 1.165) is 17.4 Å². The van der Waals surface area contributed by atoms with Crippen LogP contribution in [0.5, 0.6) is 5.75 Å². The van der Waals surface area contributed by atoms with Gasteiger partial charge in [-0.2, -0.15) is 0 Å². The van der Waals surface area contributed by atoms with E-state index in [2.05, 4.69) is 5.32 Å². The van der Waals surface area contributed by atoms with Gasteiger partial charge in [0.15, 0.2) is 0 Å². The number of carbonyl (C=O) groups is 1. The van der Waals surface area contributed by atoms with Gasteiger partial charge in [0, 0.05) is 0 Å². The maximum Gasteiger partial charge on any atom is 0.244 e. The molecule has 2 atom stereocenters. The fourth-order valence-corrected chi connectivity index (χ4v) is 4.49. The molecule has 0 spiro atoms. The van der Waals surface area contributed by atoms with Crippen molar-refractivity contribution in [1.82, 2.24) is 5.32 Å². The van der Waals surface area contributed by atoms with Gasteiger partial charge in [-0.15, -0.1) is 0 Å². The molecule has 0 unspecified atom stereocenters. The molecule has 0 bridgehead atoms. The summed E-state index contributed by atoms with van der Waals surface area (Å²) in [6.07, 6.45) is 2.16. The first-order valence-corrected chi connectivity index (χ1v) is 11.6. The molecule has 0 saturated heterocycles. The zero-order valence-corrected chi connectivity index (χ0v) is 18.5. The van der Waals surface area contributed by atoms with Crippen molar-refractivity contribution in [3.63, 3.8) is 0 Å². The summed E-state index contributed by atoms with van der Waals surface area (Å²) in [5, 5.41) is 3.03. The number of hydrogen-bond acceptors (Lipinski definition) is 4. The summed E-state index contributed by atoms with van der Waals surface area (Å²) in [7, 11) is -2.13. The number of sulfonamides is 1. The average Bonchev–Trinajstić information content (AvgIpc) is 2.70. The summed E-state index contributed by atoms with van der Waals surface area (Å²) in [5.41, 5.74) is 2.57. The van der Waals surface area contributed by atoms with Gasteiger partial charge in [0.1, 0.15) is 11.8 Å². The van der Waals surface area contributed by atoms with Crippen molar-refractivity contribution in [2.24, 2.45) is 0 Å². The third kappa shape index (κ3) is 5.73. The fourth-order valence-electron chi connectivity index (χ4n) is 3.28. The zero-order valence-electron chi connectivity index (χ0n) is 17.7. The molecule has 158 valence electrons. The van der Waals surface area contributed by atoms with Crippen LogP contribution in [-0.2, 0) is 14.8 Å². The SMILES string of the molecule is CC[C@@H](NC(=O)[C@H](CC)N(c1ccc(OC)cc1)S(C)(=O)=O)c1ccc(C)cc1. The van der Waals surface area contributed by atoms with Crippen molar-refractivity contribution < 1.29 is 17.9 Å². The molecule has 1 N–H and O–H groups in total. The van der Waals surface area contributed by atoms with Crippen molar-refractivity contribution in [3.05, 3.63) is 59.7 Å². The normalized spacial score (nSPS) is 13.4. The molecular formula is C22H30N2O4S. The van der Waals surface area contributed by atoms with E-state index in [1.807, 2.05) is 38.1 Å². The largest absolute Gasteiger partial charge is 0.497 e. The van der Waals surface area contributed by atoms with Crippen LogP contribution in [0.4, 0.5) is 5.69 Å². The van der Waals surface area contributed by atoms with E-state index < -0.39 is 16.1 Å². The van der Waals surface area contributed by atoms with Gasteiger partial charge in [-0.1, -0.05) is 43.7 Å². The van der Waals surface area contributed by atoms with Crippen molar-refractivity contribution in [3.8, 4) is 5.75 Å². The highest BCUT2D eigenvalue weighted by Crippen LogP contribution is 2.26. The molecule has 0 aliphatic heterocycles. The minimum Gasteiger partial charge on any atom is -0.497 e. The van der Waals surface area contributed by atoms with E-state index in [-0.39, 0.29) is 11.9 Å². The fraction of sp³-hybridized carbons (Fsp3) is 0.409. The Morgan fingerprint density at radius 3 is 2.07 bits per heavy atom. The Bertz CT molecular complexity index is 909. The molecule has 0 aliphatic rings. The molecule has 2 aromatic carbocycles. The summed E-state index contributed by atoms with van der Waals surface area (Å²) in [6, 6.07) is 13.6. The van der Waals surface area contributed by atoms with E-state index >= 15 is 0 Å². The summed E-state index contributed by atoms with van der Waals surface area (Å²) in [5.74, 6) is 0.297. The number of carbonyl (C=O) groups excluding carboxylic acids is 1. The van der Waals surface area contributed by atoms with E-state index in [9.17, 15) is 13.2 Å². The van der Waals surface area contributed by atoms with Gasteiger partial charge in [0.2, 0.25) is 15.9 Å². The first-order chi connectivity index (χ1) is 13.7. The smallest absolute Gasteiger partial charge is 0.244 e.